The van der Waals surface area contributed by atoms with Crippen molar-refractivity contribution in [1.82, 2.24) is 0 Å². The first-order valence-corrected chi connectivity index (χ1v) is 4.01. The summed E-state index contributed by atoms with van der Waals surface area (Å²) in [4.78, 5) is 10.4. The Kier molecular flexibility index (Phi) is 3.05. The van der Waals surface area contributed by atoms with Crippen LogP contribution in [0, 0.1) is 0 Å². The van der Waals surface area contributed by atoms with Crippen LogP contribution in [0.15, 0.2) is 36.4 Å². The highest BCUT2D eigenvalue weighted by atomic mass is 79.9. The number of carbonyl (C=O) groups excluding carboxylic acids is 1. The molecule has 0 amide bonds. The Balaban J connectivity index is 2.72. The lowest BCUT2D eigenvalue weighted by atomic mass is 10.2. The zero-order valence-corrected chi connectivity index (χ0v) is 7.41. The molecule has 1 nitrogen and oxygen atoms in total. The average Bonchev–Trinajstić information content (AvgIpc) is 2.03. The van der Waals surface area contributed by atoms with Crippen LogP contribution in [-0.4, -0.2) is 4.69 Å². The van der Waals surface area contributed by atoms with Gasteiger partial charge in [0.2, 0.25) is 4.69 Å². The van der Waals surface area contributed by atoms with E-state index in [2.05, 4.69) is 15.9 Å². The summed E-state index contributed by atoms with van der Waals surface area (Å²) in [5.41, 5.74) is 1.03. The number of hydrogen-bond donors (Lipinski definition) is 0. The van der Waals surface area contributed by atoms with E-state index in [1.54, 1.807) is 6.08 Å². The van der Waals surface area contributed by atoms with Crippen LogP contribution in [0.3, 0.4) is 0 Å². The van der Waals surface area contributed by atoms with Crippen molar-refractivity contribution in [2.24, 2.45) is 0 Å². The van der Waals surface area contributed by atoms with E-state index in [-0.39, 0.29) is 4.69 Å². The van der Waals surface area contributed by atoms with E-state index in [1.165, 1.54) is 6.08 Å². The summed E-state index contributed by atoms with van der Waals surface area (Å²) in [5.74, 6) is 0. The van der Waals surface area contributed by atoms with Crippen molar-refractivity contribution in [2.45, 2.75) is 0 Å². The van der Waals surface area contributed by atoms with E-state index in [0.29, 0.717) is 0 Å². The third-order valence-electron chi connectivity index (χ3n) is 1.21. The second-order valence-electron chi connectivity index (χ2n) is 2.05. The Morgan fingerprint density at radius 1 is 1.27 bits per heavy atom. The molecule has 11 heavy (non-hydrogen) atoms. The van der Waals surface area contributed by atoms with Gasteiger partial charge in [-0.1, -0.05) is 36.4 Å². The summed E-state index contributed by atoms with van der Waals surface area (Å²) in [7, 11) is 0. The van der Waals surface area contributed by atoms with Crippen LogP contribution in [0.4, 0.5) is 0 Å². The summed E-state index contributed by atoms with van der Waals surface area (Å²) < 4.78 is -0.110. The number of allylic oxidation sites excluding steroid dienone is 1. The largest absolute Gasteiger partial charge is 0.282 e. The van der Waals surface area contributed by atoms with Gasteiger partial charge in [-0.2, -0.15) is 0 Å². The third kappa shape index (κ3) is 3.14. The molecular weight excluding hydrogens is 204 g/mol. The zero-order chi connectivity index (χ0) is 8.10. The Hall–Kier alpha value is -0.890. The maximum Gasteiger partial charge on any atom is 0.220 e. The van der Waals surface area contributed by atoms with Gasteiger partial charge in [0.05, 0.1) is 0 Å². The molecule has 56 valence electrons. The predicted molar refractivity (Wildman–Crippen MR) is 49.4 cm³/mol. The van der Waals surface area contributed by atoms with Crippen LogP contribution in [0.25, 0.3) is 6.08 Å². The fraction of sp³-hybridized carbons (Fsp3) is 0. The zero-order valence-electron chi connectivity index (χ0n) is 5.83. The van der Waals surface area contributed by atoms with E-state index in [9.17, 15) is 4.79 Å². The fourth-order valence-electron chi connectivity index (χ4n) is 0.726. The van der Waals surface area contributed by atoms with Crippen molar-refractivity contribution >= 4 is 26.7 Å². The van der Waals surface area contributed by atoms with Crippen molar-refractivity contribution in [2.75, 3.05) is 0 Å². The highest BCUT2D eigenvalue weighted by Crippen LogP contribution is 2.01. The van der Waals surface area contributed by atoms with Crippen LogP contribution in [0.2, 0.25) is 0 Å². The highest BCUT2D eigenvalue weighted by molar-refractivity contribution is 9.18. The third-order valence-corrected chi connectivity index (χ3v) is 1.47. The summed E-state index contributed by atoms with van der Waals surface area (Å²) in [5, 5.41) is 0. The number of halogens is 1. The molecular formula is C9H7BrO. The summed E-state index contributed by atoms with van der Waals surface area (Å²) in [6.07, 6.45) is 3.24. The normalized spacial score (nSPS) is 10.3. The van der Waals surface area contributed by atoms with Gasteiger partial charge in [-0.25, -0.2) is 0 Å². The Morgan fingerprint density at radius 2 is 1.91 bits per heavy atom. The second-order valence-corrected chi connectivity index (χ2v) is 2.83. The molecule has 1 aromatic rings. The molecule has 2 heteroatoms. The van der Waals surface area contributed by atoms with Gasteiger partial charge >= 0.3 is 0 Å². The minimum Gasteiger partial charge on any atom is -0.282 e. The van der Waals surface area contributed by atoms with Gasteiger partial charge in [0.15, 0.2) is 0 Å². The van der Waals surface area contributed by atoms with Gasteiger partial charge in [0, 0.05) is 0 Å². The molecule has 0 heterocycles. The second kappa shape index (κ2) is 4.09. The van der Waals surface area contributed by atoms with E-state index in [1.807, 2.05) is 30.3 Å². The van der Waals surface area contributed by atoms with Gasteiger partial charge < -0.3 is 0 Å². The molecule has 0 N–H and O–H groups in total. The van der Waals surface area contributed by atoms with Crippen molar-refractivity contribution in [3.8, 4) is 0 Å². The molecule has 0 saturated carbocycles. The summed E-state index contributed by atoms with van der Waals surface area (Å²) in [6.45, 7) is 0. The topological polar surface area (TPSA) is 17.1 Å². The first-order chi connectivity index (χ1) is 5.29. The van der Waals surface area contributed by atoms with E-state index in [0.717, 1.165) is 5.56 Å². The predicted octanol–water partition coefficient (Wildman–Crippen LogP) is 2.62. The SMILES string of the molecule is O=C(Br)/C=C/c1ccccc1. The van der Waals surface area contributed by atoms with Crippen molar-refractivity contribution in [1.29, 1.82) is 0 Å². The minimum atomic E-state index is -0.110. The number of carbonyl (C=O) groups is 1. The molecule has 1 aromatic carbocycles. The molecule has 0 radical (unpaired) electrons. The van der Waals surface area contributed by atoms with Crippen LogP contribution in [0.1, 0.15) is 5.56 Å². The monoisotopic (exact) mass is 210 g/mol. The smallest absolute Gasteiger partial charge is 0.220 e. The summed E-state index contributed by atoms with van der Waals surface area (Å²) >= 11 is 2.81. The fourth-order valence-corrected chi connectivity index (χ4v) is 0.858. The molecule has 0 aliphatic rings. The van der Waals surface area contributed by atoms with Gasteiger partial charge in [-0.15, -0.1) is 0 Å². The standard InChI is InChI=1S/C9H7BrO/c10-9(11)7-6-8-4-2-1-3-5-8/h1-7H/b7-6+. The molecule has 1 rings (SSSR count). The van der Waals surface area contributed by atoms with Gasteiger partial charge in [-0.3, -0.25) is 4.79 Å². The highest BCUT2D eigenvalue weighted by Gasteiger charge is 1.85. The van der Waals surface area contributed by atoms with Gasteiger partial charge in [-0.05, 0) is 27.6 Å². The Bertz CT molecular complexity index is 264. The van der Waals surface area contributed by atoms with Crippen molar-refractivity contribution < 1.29 is 4.79 Å². The quantitative estimate of drug-likeness (QED) is 0.542. The minimum absolute atomic E-state index is 0.110. The van der Waals surface area contributed by atoms with Gasteiger partial charge in [0.1, 0.15) is 0 Å². The Morgan fingerprint density at radius 3 is 2.45 bits per heavy atom. The van der Waals surface area contributed by atoms with Crippen LogP contribution in [0.5, 0.6) is 0 Å². The number of benzene rings is 1. The molecule has 0 aliphatic heterocycles. The Labute approximate surface area is 73.9 Å². The van der Waals surface area contributed by atoms with Gasteiger partial charge in [0.25, 0.3) is 0 Å². The lowest BCUT2D eigenvalue weighted by molar-refractivity contribution is -0.106. The van der Waals surface area contributed by atoms with Crippen LogP contribution in [-0.2, 0) is 4.79 Å². The molecule has 0 atom stereocenters. The summed E-state index contributed by atoms with van der Waals surface area (Å²) in [6, 6.07) is 9.67. The first-order valence-electron chi connectivity index (χ1n) is 3.21. The van der Waals surface area contributed by atoms with E-state index in [4.69, 9.17) is 0 Å². The van der Waals surface area contributed by atoms with Crippen molar-refractivity contribution in [3.63, 3.8) is 0 Å². The van der Waals surface area contributed by atoms with Crippen LogP contribution >= 0.6 is 15.9 Å². The maximum atomic E-state index is 10.4. The molecule has 0 saturated heterocycles. The molecule has 0 fully saturated rings. The maximum absolute atomic E-state index is 10.4. The lowest BCUT2D eigenvalue weighted by Crippen LogP contribution is -1.74. The number of rotatable bonds is 2. The molecule has 0 unspecified atom stereocenters. The lowest BCUT2D eigenvalue weighted by Gasteiger charge is -1.87. The molecule has 0 spiro atoms. The molecule has 0 bridgehead atoms. The average molecular weight is 211 g/mol. The van der Waals surface area contributed by atoms with Crippen molar-refractivity contribution in [3.05, 3.63) is 42.0 Å². The van der Waals surface area contributed by atoms with E-state index < -0.39 is 0 Å². The number of hydrogen-bond acceptors (Lipinski definition) is 1. The first kappa shape index (κ1) is 8.21. The molecule has 0 aliphatic carbocycles. The van der Waals surface area contributed by atoms with Crippen LogP contribution < -0.4 is 0 Å². The molecule has 0 aromatic heterocycles. The van der Waals surface area contributed by atoms with E-state index >= 15 is 0 Å².